The van der Waals surface area contributed by atoms with Crippen molar-refractivity contribution in [3.8, 4) is 17.3 Å². The molecule has 5 nitrogen and oxygen atoms in total. The molecular weight excluding hydrogens is 417 g/mol. The number of anilines is 1. The Morgan fingerprint density at radius 2 is 1.67 bits per heavy atom. The highest BCUT2D eigenvalue weighted by molar-refractivity contribution is 5.90. The lowest BCUT2D eigenvalue weighted by Crippen LogP contribution is -2.12. The van der Waals surface area contributed by atoms with Gasteiger partial charge in [0, 0.05) is 17.7 Å². The summed E-state index contributed by atoms with van der Waals surface area (Å²) in [5.74, 6) is 0.814. The molecule has 168 valence electrons. The van der Waals surface area contributed by atoms with Gasteiger partial charge in [-0.25, -0.2) is 9.07 Å². The van der Waals surface area contributed by atoms with Crippen molar-refractivity contribution >= 4 is 11.6 Å². The first-order chi connectivity index (χ1) is 15.9. The van der Waals surface area contributed by atoms with Gasteiger partial charge in [0.2, 0.25) is 11.8 Å². The smallest absolute Gasteiger partial charge is 0.226 e. The molecule has 6 heteroatoms. The summed E-state index contributed by atoms with van der Waals surface area (Å²) in [6.45, 7) is 5.86. The van der Waals surface area contributed by atoms with Crippen LogP contribution in [0, 0.1) is 26.6 Å². The van der Waals surface area contributed by atoms with Gasteiger partial charge in [0.05, 0.1) is 11.4 Å². The van der Waals surface area contributed by atoms with Gasteiger partial charge in [-0.15, -0.1) is 0 Å². The average Bonchev–Trinajstić information content (AvgIpc) is 3.11. The SMILES string of the molecule is Cc1ccc(NC(=O)CCc2c(C)nn(-c3ccc(F)cc3)c2Oc2ccccc2C)cc1. The molecule has 4 rings (SSSR count). The molecule has 0 radical (unpaired) electrons. The molecule has 33 heavy (non-hydrogen) atoms. The van der Waals surface area contributed by atoms with Gasteiger partial charge in [-0.2, -0.15) is 5.10 Å². The lowest BCUT2D eigenvalue weighted by Gasteiger charge is -2.13. The maximum Gasteiger partial charge on any atom is 0.226 e. The number of amides is 1. The minimum Gasteiger partial charge on any atom is -0.438 e. The van der Waals surface area contributed by atoms with Crippen LogP contribution in [-0.2, 0) is 11.2 Å². The van der Waals surface area contributed by atoms with E-state index in [9.17, 15) is 9.18 Å². The first-order valence-electron chi connectivity index (χ1n) is 10.8. The predicted octanol–water partition coefficient (Wildman–Crippen LogP) is 6.30. The number of hydrogen-bond acceptors (Lipinski definition) is 3. The van der Waals surface area contributed by atoms with Crippen molar-refractivity contribution in [2.75, 3.05) is 5.32 Å². The number of nitrogens with one attached hydrogen (secondary N) is 1. The Bertz CT molecular complexity index is 1260. The zero-order valence-corrected chi connectivity index (χ0v) is 18.9. The molecule has 0 aliphatic rings. The second-order valence-electron chi connectivity index (χ2n) is 8.04. The van der Waals surface area contributed by atoms with Gasteiger partial charge in [0.1, 0.15) is 11.6 Å². The number of carbonyl (C=O) groups is 1. The summed E-state index contributed by atoms with van der Waals surface area (Å²) in [6.07, 6.45) is 0.722. The third kappa shape index (κ3) is 5.29. The Hall–Kier alpha value is -3.93. The lowest BCUT2D eigenvalue weighted by atomic mass is 10.1. The van der Waals surface area contributed by atoms with Gasteiger partial charge in [0.25, 0.3) is 0 Å². The van der Waals surface area contributed by atoms with E-state index in [1.54, 1.807) is 16.8 Å². The summed E-state index contributed by atoms with van der Waals surface area (Å²) in [6, 6.07) is 21.5. The highest BCUT2D eigenvalue weighted by Crippen LogP contribution is 2.33. The normalized spacial score (nSPS) is 10.8. The molecular formula is C27H26FN3O2. The van der Waals surface area contributed by atoms with Gasteiger partial charge >= 0.3 is 0 Å². The van der Waals surface area contributed by atoms with Gasteiger partial charge in [-0.05, 0) is 75.2 Å². The molecule has 0 saturated carbocycles. The second kappa shape index (κ2) is 9.69. The summed E-state index contributed by atoms with van der Waals surface area (Å²) < 4.78 is 21.5. The molecule has 0 aliphatic heterocycles. The van der Waals surface area contributed by atoms with Crippen LogP contribution >= 0.6 is 0 Å². The minimum absolute atomic E-state index is 0.0883. The summed E-state index contributed by atoms with van der Waals surface area (Å²) in [4.78, 5) is 12.6. The van der Waals surface area contributed by atoms with Crippen LogP contribution in [0.3, 0.4) is 0 Å². The number of aryl methyl sites for hydroxylation is 3. The Morgan fingerprint density at radius 1 is 0.970 bits per heavy atom. The molecule has 0 unspecified atom stereocenters. The number of ether oxygens (including phenoxy) is 1. The fourth-order valence-electron chi connectivity index (χ4n) is 3.56. The van der Waals surface area contributed by atoms with Crippen molar-refractivity contribution in [3.63, 3.8) is 0 Å². The fraction of sp³-hybridized carbons (Fsp3) is 0.185. The highest BCUT2D eigenvalue weighted by atomic mass is 19.1. The standard InChI is InChI=1S/C27H26FN3O2/c1-18-8-12-22(13-9-18)29-26(32)17-16-24-20(3)30-31(23-14-10-21(28)11-15-23)27(24)33-25-7-5-4-6-19(25)2/h4-15H,16-17H2,1-3H3,(H,29,32). The van der Waals surface area contributed by atoms with E-state index in [4.69, 9.17) is 4.74 Å². The van der Waals surface area contributed by atoms with Crippen molar-refractivity contribution in [2.24, 2.45) is 0 Å². The van der Waals surface area contributed by atoms with Crippen molar-refractivity contribution in [1.29, 1.82) is 0 Å². The molecule has 0 fully saturated rings. The Labute approximate surface area is 192 Å². The summed E-state index contributed by atoms with van der Waals surface area (Å²) >= 11 is 0. The van der Waals surface area contributed by atoms with E-state index in [-0.39, 0.29) is 18.1 Å². The third-order valence-electron chi connectivity index (χ3n) is 5.45. The van der Waals surface area contributed by atoms with Crippen LogP contribution in [0.5, 0.6) is 11.6 Å². The molecule has 0 spiro atoms. The zero-order chi connectivity index (χ0) is 23.4. The number of hydrogen-bond donors (Lipinski definition) is 1. The van der Waals surface area contributed by atoms with Crippen molar-refractivity contribution < 1.29 is 13.9 Å². The number of aromatic nitrogens is 2. The monoisotopic (exact) mass is 443 g/mol. The summed E-state index contributed by atoms with van der Waals surface area (Å²) in [7, 11) is 0. The average molecular weight is 444 g/mol. The molecule has 0 bridgehead atoms. The van der Waals surface area contributed by atoms with Gasteiger partial charge in [-0.3, -0.25) is 4.79 Å². The van der Waals surface area contributed by atoms with Crippen LogP contribution in [-0.4, -0.2) is 15.7 Å². The molecule has 1 heterocycles. The number of carbonyl (C=O) groups excluding carboxylic acids is 1. The van der Waals surface area contributed by atoms with E-state index >= 15 is 0 Å². The van der Waals surface area contributed by atoms with Crippen LogP contribution in [0.25, 0.3) is 5.69 Å². The molecule has 0 atom stereocenters. The second-order valence-corrected chi connectivity index (χ2v) is 8.04. The van der Waals surface area contributed by atoms with Crippen molar-refractivity contribution in [1.82, 2.24) is 9.78 Å². The first kappa shape index (κ1) is 22.3. The first-order valence-corrected chi connectivity index (χ1v) is 10.8. The maximum absolute atomic E-state index is 13.5. The predicted molar refractivity (Wildman–Crippen MR) is 128 cm³/mol. The highest BCUT2D eigenvalue weighted by Gasteiger charge is 2.20. The van der Waals surface area contributed by atoms with Crippen LogP contribution in [0.15, 0.2) is 72.8 Å². The van der Waals surface area contributed by atoms with Gasteiger partial charge in [0.15, 0.2) is 0 Å². The fourth-order valence-corrected chi connectivity index (χ4v) is 3.56. The quantitative estimate of drug-likeness (QED) is 0.365. The molecule has 1 aromatic heterocycles. The minimum atomic E-state index is -0.322. The number of rotatable bonds is 7. The molecule has 4 aromatic rings. The molecule has 1 N–H and O–H groups in total. The van der Waals surface area contributed by atoms with Crippen molar-refractivity contribution in [2.45, 2.75) is 33.6 Å². The molecule has 3 aromatic carbocycles. The molecule has 0 aliphatic carbocycles. The van der Waals surface area contributed by atoms with Gasteiger partial charge < -0.3 is 10.1 Å². The molecule has 1 amide bonds. The van der Waals surface area contributed by atoms with E-state index in [2.05, 4.69) is 10.4 Å². The van der Waals surface area contributed by atoms with Crippen LogP contribution in [0.2, 0.25) is 0 Å². The van der Waals surface area contributed by atoms with E-state index in [0.29, 0.717) is 23.7 Å². The van der Waals surface area contributed by atoms with Crippen molar-refractivity contribution in [3.05, 3.63) is 101 Å². The molecule has 0 saturated heterocycles. The topological polar surface area (TPSA) is 56.2 Å². The van der Waals surface area contributed by atoms with E-state index in [1.807, 2.05) is 69.3 Å². The summed E-state index contributed by atoms with van der Waals surface area (Å²) in [5.41, 5.74) is 5.15. The van der Waals surface area contributed by atoms with Gasteiger partial charge in [-0.1, -0.05) is 35.9 Å². The Morgan fingerprint density at radius 3 is 2.36 bits per heavy atom. The van der Waals surface area contributed by atoms with Crippen LogP contribution in [0.4, 0.5) is 10.1 Å². The number of benzene rings is 3. The zero-order valence-electron chi connectivity index (χ0n) is 18.9. The number of halogens is 1. The van der Waals surface area contributed by atoms with E-state index in [1.165, 1.54) is 12.1 Å². The largest absolute Gasteiger partial charge is 0.438 e. The lowest BCUT2D eigenvalue weighted by molar-refractivity contribution is -0.116. The number of nitrogens with zero attached hydrogens (tertiary/aromatic N) is 2. The van der Waals surface area contributed by atoms with Crippen LogP contribution in [0.1, 0.15) is 28.8 Å². The van der Waals surface area contributed by atoms with E-state index < -0.39 is 0 Å². The van der Waals surface area contributed by atoms with Crippen LogP contribution < -0.4 is 10.1 Å². The van der Waals surface area contributed by atoms with E-state index in [0.717, 1.165) is 28.1 Å². The maximum atomic E-state index is 13.5. The summed E-state index contributed by atoms with van der Waals surface area (Å²) in [5, 5.41) is 7.58. The number of para-hydroxylation sites is 1. The third-order valence-corrected chi connectivity index (χ3v) is 5.45. The Balaban J connectivity index is 1.62. The Kier molecular flexibility index (Phi) is 6.54.